The predicted molar refractivity (Wildman–Crippen MR) is 113 cm³/mol. The molecule has 2 N–H and O–H groups in total. The molecule has 148 valence electrons. The number of carboxylic acids is 1. The van der Waals surface area contributed by atoms with Crippen molar-refractivity contribution in [3.8, 4) is 11.1 Å². The lowest BCUT2D eigenvalue weighted by Crippen LogP contribution is -2.42. The first-order valence-corrected chi connectivity index (χ1v) is 10.4. The molecule has 7 heteroatoms. The summed E-state index contributed by atoms with van der Waals surface area (Å²) in [6, 6.07) is 16.7. The van der Waals surface area contributed by atoms with E-state index in [0.717, 1.165) is 27.8 Å². The fourth-order valence-corrected chi connectivity index (χ4v) is 4.59. The fourth-order valence-electron chi connectivity index (χ4n) is 3.67. The summed E-state index contributed by atoms with van der Waals surface area (Å²) in [4.78, 5) is 23.8. The zero-order chi connectivity index (χ0) is 20.4. The van der Waals surface area contributed by atoms with Crippen LogP contribution in [-0.4, -0.2) is 29.8 Å². The van der Waals surface area contributed by atoms with Crippen molar-refractivity contribution in [3.63, 3.8) is 0 Å². The molecule has 1 atom stereocenters. The number of carbonyl (C=O) groups excluding carboxylic acids is 1. The van der Waals surface area contributed by atoms with Gasteiger partial charge in [-0.15, -0.1) is 11.3 Å². The van der Waals surface area contributed by atoms with Crippen molar-refractivity contribution in [2.75, 3.05) is 6.61 Å². The van der Waals surface area contributed by atoms with Crippen molar-refractivity contribution in [1.29, 1.82) is 0 Å². The van der Waals surface area contributed by atoms with E-state index >= 15 is 0 Å². The Kier molecular flexibility index (Phi) is 5.56. The first-order valence-electron chi connectivity index (χ1n) is 9.10. The van der Waals surface area contributed by atoms with Gasteiger partial charge in [-0.1, -0.05) is 60.1 Å². The van der Waals surface area contributed by atoms with Crippen LogP contribution < -0.4 is 5.32 Å². The number of rotatable bonds is 6. The standard InChI is InChI=1S/C22H18ClNO4S/c23-20-10-13(12-29-20)9-19(21(25)26)24-22(27)28-11-18-16-7-3-1-5-14(16)15-6-2-4-8-17(15)18/h1-8,10,12,18-19H,9,11H2,(H,24,27)(H,25,26). The Morgan fingerprint density at radius 1 is 1.10 bits per heavy atom. The lowest BCUT2D eigenvalue weighted by Gasteiger charge is -2.17. The molecule has 0 saturated heterocycles. The number of carbonyl (C=O) groups is 2. The van der Waals surface area contributed by atoms with Crippen LogP contribution in [0.1, 0.15) is 22.6 Å². The molecular formula is C22H18ClNO4S. The maximum absolute atomic E-state index is 12.3. The Hall–Kier alpha value is -2.83. The van der Waals surface area contributed by atoms with E-state index in [1.54, 1.807) is 11.4 Å². The number of halogens is 1. The van der Waals surface area contributed by atoms with E-state index < -0.39 is 18.1 Å². The number of aliphatic carboxylic acids is 1. The Balaban J connectivity index is 1.43. The summed E-state index contributed by atoms with van der Waals surface area (Å²) < 4.78 is 6.00. The maximum atomic E-state index is 12.3. The Morgan fingerprint density at radius 3 is 2.28 bits per heavy atom. The van der Waals surface area contributed by atoms with Crippen molar-refractivity contribution in [2.45, 2.75) is 18.4 Å². The quantitative estimate of drug-likeness (QED) is 0.584. The van der Waals surface area contributed by atoms with Crippen molar-refractivity contribution in [1.82, 2.24) is 5.32 Å². The van der Waals surface area contributed by atoms with Crippen molar-refractivity contribution < 1.29 is 19.4 Å². The highest BCUT2D eigenvalue weighted by molar-refractivity contribution is 7.14. The van der Waals surface area contributed by atoms with Crippen LogP contribution >= 0.6 is 22.9 Å². The highest BCUT2D eigenvalue weighted by atomic mass is 35.5. The van der Waals surface area contributed by atoms with Crippen LogP contribution in [-0.2, 0) is 16.0 Å². The van der Waals surface area contributed by atoms with Gasteiger partial charge in [-0.3, -0.25) is 0 Å². The molecule has 1 unspecified atom stereocenters. The third kappa shape index (κ3) is 4.13. The summed E-state index contributed by atoms with van der Waals surface area (Å²) in [6.45, 7) is 0.135. The Bertz CT molecular complexity index is 1020. The molecule has 1 heterocycles. The normalized spacial score (nSPS) is 13.4. The number of hydrogen-bond donors (Lipinski definition) is 2. The van der Waals surface area contributed by atoms with Gasteiger partial charge in [0.1, 0.15) is 12.6 Å². The Labute approximate surface area is 176 Å². The number of thiophene rings is 1. The largest absolute Gasteiger partial charge is 0.480 e. The van der Waals surface area contributed by atoms with Crippen molar-refractivity contribution in [3.05, 3.63) is 81.0 Å². The number of amides is 1. The first-order chi connectivity index (χ1) is 14.0. The van der Waals surface area contributed by atoms with E-state index in [-0.39, 0.29) is 18.9 Å². The van der Waals surface area contributed by atoms with Crippen LogP contribution in [0.25, 0.3) is 11.1 Å². The molecular weight excluding hydrogens is 410 g/mol. The molecule has 0 fully saturated rings. The maximum Gasteiger partial charge on any atom is 0.407 e. The van der Waals surface area contributed by atoms with Gasteiger partial charge in [0.15, 0.2) is 0 Å². The average molecular weight is 428 g/mol. The van der Waals surface area contributed by atoms with Crippen molar-refractivity contribution in [2.24, 2.45) is 0 Å². The first kappa shape index (κ1) is 19.5. The van der Waals surface area contributed by atoms with Gasteiger partial charge < -0.3 is 15.2 Å². The molecule has 4 rings (SSSR count). The van der Waals surface area contributed by atoms with Gasteiger partial charge in [0.05, 0.1) is 4.34 Å². The minimum atomic E-state index is -1.12. The second-order valence-electron chi connectivity index (χ2n) is 6.82. The molecule has 0 saturated carbocycles. The smallest absolute Gasteiger partial charge is 0.407 e. The molecule has 1 aliphatic carbocycles. The van der Waals surface area contributed by atoms with E-state index in [2.05, 4.69) is 17.4 Å². The predicted octanol–water partition coefficient (Wildman–Crippen LogP) is 4.94. The van der Waals surface area contributed by atoms with E-state index in [1.165, 1.54) is 11.3 Å². The highest BCUT2D eigenvalue weighted by Crippen LogP contribution is 2.44. The third-order valence-corrected chi connectivity index (χ3v) is 6.14. The van der Waals surface area contributed by atoms with E-state index in [1.807, 2.05) is 36.4 Å². The zero-order valence-electron chi connectivity index (χ0n) is 15.3. The Morgan fingerprint density at radius 2 is 1.72 bits per heavy atom. The van der Waals surface area contributed by atoms with Gasteiger partial charge >= 0.3 is 12.1 Å². The third-order valence-electron chi connectivity index (χ3n) is 5.00. The van der Waals surface area contributed by atoms with Gasteiger partial charge in [-0.25, -0.2) is 9.59 Å². The number of nitrogens with one attached hydrogen (secondary N) is 1. The van der Waals surface area contributed by atoms with Crippen LogP contribution in [0.5, 0.6) is 0 Å². The monoisotopic (exact) mass is 427 g/mol. The number of carboxylic acid groups (broad SMARTS) is 1. The minimum Gasteiger partial charge on any atom is -0.480 e. The fraction of sp³-hybridized carbons (Fsp3) is 0.182. The highest BCUT2D eigenvalue weighted by Gasteiger charge is 2.29. The summed E-state index contributed by atoms with van der Waals surface area (Å²) in [7, 11) is 0. The molecule has 3 aromatic rings. The van der Waals surface area contributed by atoms with Gasteiger partial charge in [0.2, 0.25) is 0 Å². The molecule has 1 amide bonds. The second-order valence-corrected chi connectivity index (χ2v) is 8.37. The van der Waals surface area contributed by atoms with Crippen LogP contribution in [0.3, 0.4) is 0 Å². The molecule has 29 heavy (non-hydrogen) atoms. The van der Waals surface area contributed by atoms with Crippen molar-refractivity contribution >= 4 is 35.0 Å². The minimum absolute atomic E-state index is 0.0768. The number of hydrogen-bond acceptors (Lipinski definition) is 4. The van der Waals surface area contributed by atoms with Gasteiger partial charge in [0.25, 0.3) is 0 Å². The molecule has 0 bridgehead atoms. The van der Waals surface area contributed by atoms with Crippen LogP contribution in [0.15, 0.2) is 60.0 Å². The van der Waals surface area contributed by atoms with Crippen LogP contribution in [0.4, 0.5) is 4.79 Å². The number of ether oxygens (including phenoxy) is 1. The van der Waals surface area contributed by atoms with Gasteiger partial charge in [-0.2, -0.15) is 0 Å². The lowest BCUT2D eigenvalue weighted by atomic mass is 9.98. The van der Waals surface area contributed by atoms with Gasteiger partial charge in [-0.05, 0) is 39.3 Å². The molecule has 0 radical (unpaired) electrons. The summed E-state index contributed by atoms with van der Waals surface area (Å²) in [5.74, 6) is -1.20. The molecule has 0 spiro atoms. The molecule has 1 aliphatic rings. The summed E-state index contributed by atoms with van der Waals surface area (Å²) >= 11 is 7.21. The van der Waals surface area contributed by atoms with E-state index in [9.17, 15) is 14.7 Å². The second kappa shape index (κ2) is 8.27. The zero-order valence-corrected chi connectivity index (χ0v) is 16.9. The molecule has 5 nitrogen and oxygen atoms in total. The SMILES string of the molecule is O=C(NC(Cc1csc(Cl)c1)C(=O)O)OCC1c2ccccc2-c2ccccc21. The summed E-state index contributed by atoms with van der Waals surface area (Å²) in [6.07, 6.45) is -0.608. The topological polar surface area (TPSA) is 75.6 Å². The number of benzene rings is 2. The summed E-state index contributed by atoms with van der Waals surface area (Å²) in [5, 5.41) is 13.7. The van der Waals surface area contributed by atoms with Crippen LogP contribution in [0.2, 0.25) is 4.34 Å². The number of fused-ring (bicyclic) bond motifs is 3. The average Bonchev–Trinajstić information content (AvgIpc) is 3.27. The number of alkyl carbamates (subject to hydrolysis) is 1. The van der Waals surface area contributed by atoms with Gasteiger partial charge in [0, 0.05) is 12.3 Å². The lowest BCUT2D eigenvalue weighted by molar-refractivity contribution is -0.139. The van der Waals surface area contributed by atoms with Crippen LogP contribution in [0, 0.1) is 0 Å². The van der Waals surface area contributed by atoms with E-state index in [0.29, 0.717) is 4.34 Å². The van der Waals surface area contributed by atoms with E-state index in [4.69, 9.17) is 16.3 Å². The molecule has 2 aromatic carbocycles. The molecule has 0 aliphatic heterocycles. The summed E-state index contributed by atoms with van der Waals surface area (Å²) in [5.41, 5.74) is 5.23. The molecule has 1 aromatic heterocycles.